The van der Waals surface area contributed by atoms with Gasteiger partial charge in [-0.05, 0) is 13.8 Å². The van der Waals surface area contributed by atoms with E-state index in [-0.39, 0.29) is 19.0 Å². The first kappa shape index (κ1) is 17.8. The number of anilines is 1. The largest absolute Gasteiger partial charge is 0.394 e. The minimum atomic E-state index is -3.87. The first-order valence-electron chi connectivity index (χ1n) is 6.96. The Morgan fingerprint density at radius 1 is 1.39 bits per heavy atom. The maximum Gasteiger partial charge on any atom is 0.353 e. The minimum Gasteiger partial charge on any atom is -0.394 e. The summed E-state index contributed by atoms with van der Waals surface area (Å²) in [5.41, 5.74) is 6.64. The van der Waals surface area contributed by atoms with Gasteiger partial charge in [-0.3, -0.25) is 4.57 Å². The molecule has 0 bridgehead atoms. The van der Waals surface area contributed by atoms with E-state index in [1.807, 2.05) is 0 Å². The molecule has 0 aliphatic rings. The van der Waals surface area contributed by atoms with E-state index in [1.54, 1.807) is 18.4 Å². The third-order valence-corrected chi connectivity index (χ3v) is 4.11. The molecule has 2 atom stereocenters. The van der Waals surface area contributed by atoms with E-state index < -0.39 is 26.2 Å². The molecule has 2 aromatic heterocycles. The highest BCUT2D eigenvalue weighted by molar-refractivity contribution is 7.52. The van der Waals surface area contributed by atoms with Crippen LogP contribution in [-0.2, 0) is 20.4 Å². The van der Waals surface area contributed by atoms with Gasteiger partial charge in [-0.1, -0.05) is 0 Å². The molecule has 128 valence electrons. The monoisotopic (exact) mass is 345 g/mol. The third-order valence-electron chi connectivity index (χ3n) is 2.88. The van der Waals surface area contributed by atoms with Gasteiger partial charge in [0.15, 0.2) is 11.5 Å². The summed E-state index contributed by atoms with van der Waals surface area (Å²) in [6.07, 6.45) is 1.16. The maximum absolute atomic E-state index is 11.8. The molecule has 0 amide bonds. The molecule has 0 fully saturated rings. The second kappa shape index (κ2) is 7.33. The molecule has 10 nitrogen and oxygen atoms in total. The van der Waals surface area contributed by atoms with Gasteiger partial charge in [0.2, 0.25) is 0 Å². The molecular formula is C12H20N5O5P. The topological polar surface area (TPSA) is 146 Å². The fraction of sp³-hybridized carbons (Fsp3) is 0.583. The van der Waals surface area contributed by atoms with Crippen LogP contribution in [0.5, 0.6) is 0 Å². The van der Waals surface area contributed by atoms with E-state index in [9.17, 15) is 14.6 Å². The van der Waals surface area contributed by atoms with Gasteiger partial charge in [-0.2, -0.15) is 0 Å². The van der Waals surface area contributed by atoms with Gasteiger partial charge in [0, 0.05) is 0 Å². The van der Waals surface area contributed by atoms with Gasteiger partial charge >= 0.3 is 7.60 Å². The van der Waals surface area contributed by atoms with Crippen LogP contribution in [0.1, 0.15) is 13.8 Å². The summed E-state index contributed by atoms with van der Waals surface area (Å²) in [5.74, 6) is 0.250. The van der Waals surface area contributed by atoms with Crippen molar-refractivity contribution in [1.29, 1.82) is 0 Å². The molecule has 0 saturated carbocycles. The zero-order chi connectivity index (χ0) is 17.0. The molecule has 2 heterocycles. The van der Waals surface area contributed by atoms with Crippen molar-refractivity contribution in [2.75, 3.05) is 18.7 Å². The Bertz CT molecular complexity index is 706. The van der Waals surface area contributed by atoms with Crippen molar-refractivity contribution < 1.29 is 23.8 Å². The number of nitrogens with zero attached hydrogens (tertiary/aromatic N) is 4. The summed E-state index contributed by atoms with van der Waals surface area (Å²) in [5, 5.41) is 9.40. The number of aliphatic hydroxyl groups excluding tert-OH is 1. The van der Waals surface area contributed by atoms with Crippen LogP contribution in [0.25, 0.3) is 11.2 Å². The summed E-state index contributed by atoms with van der Waals surface area (Å²) in [7, 11) is -3.87. The van der Waals surface area contributed by atoms with Crippen LogP contribution >= 0.6 is 7.60 Å². The lowest BCUT2D eigenvalue weighted by Crippen LogP contribution is -2.25. The van der Waals surface area contributed by atoms with Crippen molar-refractivity contribution in [3.8, 4) is 0 Å². The molecule has 4 N–H and O–H groups in total. The number of nitrogens with two attached hydrogens (primary N) is 1. The Morgan fingerprint density at radius 2 is 2.13 bits per heavy atom. The summed E-state index contributed by atoms with van der Waals surface area (Å²) >= 11 is 0. The van der Waals surface area contributed by atoms with Gasteiger partial charge in [0.05, 0.1) is 31.7 Å². The number of nitrogen functional groups attached to an aromatic ring is 1. The standard InChI is InChI=1S/C12H20N5O5P/c1-8(2)22-23(19,20)7-21-9(4-18)3-17-6-16-10-11(13)14-5-15-12(10)17/h5-6,8-9,18H,3-4,7H2,1-2H3,(H,19,20)(H2,13,14,15)/t9-/m0/s1. The summed E-state index contributed by atoms with van der Waals surface area (Å²) in [4.78, 5) is 21.7. The minimum absolute atomic E-state index is 0.186. The molecule has 1 unspecified atom stereocenters. The highest BCUT2D eigenvalue weighted by atomic mass is 31.2. The third kappa shape index (κ3) is 4.69. The first-order valence-corrected chi connectivity index (χ1v) is 8.72. The summed E-state index contributed by atoms with van der Waals surface area (Å²) in [6.45, 7) is 3.13. The Kier molecular flexibility index (Phi) is 5.66. The van der Waals surface area contributed by atoms with E-state index in [4.69, 9.17) is 15.0 Å². The molecule has 2 aromatic rings. The number of hydrogen-bond donors (Lipinski definition) is 3. The second-order valence-corrected chi connectivity index (χ2v) is 6.96. The van der Waals surface area contributed by atoms with Crippen molar-refractivity contribution in [3.05, 3.63) is 12.7 Å². The highest BCUT2D eigenvalue weighted by Gasteiger charge is 2.24. The predicted octanol–water partition coefficient (Wildman–Crippen LogP) is 0.354. The molecule has 0 saturated heterocycles. The van der Waals surface area contributed by atoms with Crippen LogP contribution in [0, 0.1) is 0 Å². The fourth-order valence-electron chi connectivity index (χ4n) is 1.97. The van der Waals surface area contributed by atoms with Crippen LogP contribution in [0.3, 0.4) is 0 Å². The van der Waals surface area contributed by atoms with Crippen LogP contribution < -0.4 is 5.73 Å². The van der Waals surface area contributed by atoms with Crippen molar-refractivity contribution in [2.45, 2.75) is 32.6 Å². The molecule has 0 radical (unpaired) electrons. The van der Waals surface area contributed by atoms with Crippen molar-refractivity contribution in [2.24, 2.45) is 0 Å². The zero-order valence-electron chi connectivity index (χ0n) is 12.9. The first-order chi connectivity index (χ1) is 10.8. The number of imidazole rings is 1. The second-order valence-electron chi connectivity index (χ2n) is 5.22. The summed E-state index contributed by atoms with van der Waals surface area (Å²) in [6, 6.07) is 0. The van der Waals surface area contributed by atoms with Gasteiger partial charge in [-0.25, -0.2) is 15.0 Å². The maximum atomic E-state index is 11.8. The molecule has 11 heteroatoms. The molecule has 23 heavy (non-hydrogen) atoms. The van der Waals surface area contributed by atoms with Crippen LogP contribution in [0.4, 0.5) is 5.82 Å². The van der Waals surface area contributed by atoms with Gasteiger partial charge < -0.3 is 29.6 Å². The Morgan fingerprint density at radius 3 is 2.78 bits per heavy atom. The lowest BCUT2D eigenvalue weighted by atomic mass is 10.3. The van der Waals surface area contributed by atoms with E-state index in [1.165, 1.54) is 12.7 Å². The Hall–Kier alpha value is -1.58. The van der Waals surface area contributed by atoms with Crippen LogP contribution in [0.2, 0.25) is 0 Å². The predicted molar refractivity (Wildman–Crippen MR) is 82.6 cm³/mol. The van der Waals surface area contributed by atoms with Crippen molar-refractivity contribution >= 4 is 24.6 Å². The number of ether oxygens (including phenoxy) is 1. The normalized spacial score (nSPS) is 15.9. The van der Waals surface area contributed by atoms with E-state index in [0.29, 0.717) is 11.2 Å². The highest BCUT2D eigenvalue weighted by Crippen LogP contribution is 2.43. The van der Waals surface area contributed by atoms with E-state index in [0.717, 1.165) is 0 Å². The molecule has 0 aliphatic carbocycles. The van der Waals surface area contributed by atoms with Crippen molar-refractivity contribution in [3.63, 3.8) is 0 Å². The number of aromatic nitrogens is 4. The average molecular weight is 345 g/mol. The quantitative estimate of drug-likeness (QED) is 0.577. The fourth-order valence-corrected chi connectivity index (χ4v) is 3.09. The van der Waals surface area contributed by atoms with Gasteiger partial charge in [0.1, 0.15) is 18.2 Å². The van der Waals surface area contributed by atoms with Crippen molar-refractivity contribution in [1.82, 2.24) is 19.5 Å². The lowest BCUT2D eigenvalue weighted by Gasteiger charge is -2.20. The smallest absolute Gasteiger partial charge is 0.353 e. The lowest BCUT2D eigenvalue weighted by molar-refractivity contribution is 0.0165. The van der Waals surface area contributed by atoms with Gasteiger partial charge in [-0.15, -0.1) is 0 Å². The average Bonchev–Trinajstić information content (AvgIpc) is 2.86. The van der Waals surface area contributed by atoms with E-state index in [2.05, 4.69) is 15.0 Å². The molecule has 0 aromatic carbocycles. The van der Waals surface area contributed by atoms with E-state index >= 15 is 0 Å². The molecule has 2 rings (SSSR count). The Balaban J connectivity index is 2.04. The molecule has 0 spiro atoms. The number of rotatable bonds is 8. The SMILES string of the molecule is CC(C)OP(=O)(O)CO[C@H](CO)Cn1cnc2c(N)ncnc21. The van der Waals surface area contributed by atoms with Crippen LogP contribution in [-0.4, -0.2) is 54.7 Å². The summed E-state index contributed by atoms with van der Waals surface area (Å²) < 4.78 is 23.6. The van der Waals surface area contributed by atoms with Crippen LogP contribution in [0.15, 0.2) is 12.7 Å². The molecular weight excluding hydrogens is 325 g/mol. The zero-order valence-corrected chi connectivity index (χ0v) is 13.8. The Labute approximate surface area is 132 Å². The molecule has 0 aliphatic heterocycles. The van der Waals surface area contributed by atoms with Gasteiger partial charge in [0.25, 0.3) is 0 Å². The number of aliphatic hydroxyl groups is 1. The number of hydrogen-bond acceptors (Lipinski definition) is 8. The number of fused-ring (bicyclic) bond motifs is 1.